The summed E-state index contributed by atoms with van der Waals surface area (Å²) in [5.41, 5.74) is 3.76. The van der Waals surface area contributed by atoms with Gasteiger partial charge in [-0.3, -0.25) is 4.79 Å². The van der Waals surface area contributed by atoms with E-state index in [1.54, 1.807) is 4.68 Å². The van der Waals surface area contributed by atoms with E-state index in [0.717, 1.165) is 38.4 Å². The van der Waals surface area contributed by atoms with E-state index in [-0.39, 0.29) is 5.91 Å². The van der Waals surface area contributed by atoms with E-state index in [0.29, 0.717) is 12.1 Å². The molecule has 0 saturated heterocycles. The lowest BCUT2D eigenvalue weighted by molar-refractivity contribution is -0.126. The van der Waals surface area contributed by atoms with Crippen molar-refractivity contribution in [3.8, 4) is 0 Å². The molecule has 1 amide bonds. The van der Waals surface area contributed by atoms with Crippen LogP contribution in [0.25, 0.3) is 32.8 Å². The molecule has 6 nitrogen and oxygen atoms in total. The average molecular weight is 508 g/mol. The number of carbonyl (C=O) groups excluding carboxylic acids is 1. The van der Waals surface area contributed by atoms with Gasteiger partial charge in [0.2, 0.25) is 5.66 Å². The second-order valence-corrected chi connectivity index (χ2v) is 9.66. The lowest BCUT2D eigenvalue weighted by Crippen LogP contribution is -2.53. The number of nitrogens with zero attached hydrogens (tertiary/aromatic N) is 4. The van der Waals surface area contributed by atoms with E-state index in [1.807, 2.05) is 97.1 Å². The number of hydrogen-bond donors (Lipinski definition) is 1. The molecule has 0 fully saturated rings. The summed E-state index contributed by atoms with van der Waals surface area (Å²) >= 11 is 0. The Hall–Kier alpha value is -5.23. The summed E-state index contributed by atoms with van der Waals surface area (Å²) in [6.45, 7) is 0. The van der Waals surface area contributed by atoms with Gasteiger partial charge in [-0.05, 0) is 42.0 Å². The molecule has 0 spiro atoms. The molecule has 5 aromatic carbocycles. The summed E-state index contributed by atoms with van der Waals surface area (Å²) in [4.78, 5) is 14.9. The molecule has 0 aliphatic heterocycles. The van der Waals surface area contributed by atoms with Crippen LogP contribution in [0.3, 0.4) is 0 Å². The smallest absolute Gasteiger partial charge is 0.273 e. The van der Waals surface area contributed by atoms with Gasteiger partial charge < -0.3 is 9.88 Å². The van der Waals surface area contributed by atoms with Gasteiger partial charge in [-0.1, -0.05) is 102 Å². The summed E-state index contributed by atoms with van der Waals surface area (Å²) in [7, 11) is 0. The van der Waals surface area contributed by atoms with Crippen LogP contribution < -0.4 is 5.32 Å². The minimum Gasteiger partial charge on any atom is -0.322 e. The van der Waals surface area contributed by atoms with Crippen molar-refractivity contribution >= 4 is 44.4 Å². The summed E-state index contributed by atoms with van der Waals surface area (Å²) in [6, 6.07) is 43.9. The van der Waals surface area contributed by atoms with Gasteiger partial charge in [0.25, 0.3) is 5.91 Å². The molecule has 188 valence electrons. The fraction of sp³-hybridized carbons (Fsp3) is 0.0606. The van der Waals surface area contributed by atoms with Crippen LogP contribution in [0, 0.1) is 0 Å². The molecular weight excluding hydrogens is 482 g/mol. The molecule has 1 unspecified atom stereocenters. The number of amides is 1. The number of benzene rings is 5. The molecule has 6 heteroatoms. The number of hydrogen-bond acceptors (Lipinski definition) is 3. The number of nitrogens with one attached hydrogen (secondary N) is 1. The average Bonchev–Trinajstić information content (AvgIpc) is 3.57. The fourth-order valence-corrected chi connectivity index (χ4v) is 5.62. The Bertz CT molecular complexity index is 1890. The molecule has 2 aromatic heterocycles. The van der Waals surface area contributed by atoms with Crippen molar-refractivity contribution in [3.05, 3.63) is 139 Å². The van der Waals surface area contributed by atoms with E-state index in [9.17, 15) is 4.79 Å². The van der Waals surface area contributed by atoms with Crippen LogP contribution in [0.15, 0.2) is 133 Å². The van der Waals surface area contributed by atoms with Gasteiger partial charge >= 0.3 is 0 Å². The standard InChI is InChI=1S/C33H25N5O/c39-32(34-25-15-5-2-6-16-25)33(23-24-13-3-1-4-14-24,38-31-22-12-9-19-28(31)35-36-38)37-29-20-10-7-17-26(29)27-18-8-11-21-30(27)37/h1-22H,23H2,(H,34,39). The van der Waals surface area contributed by atoms with Crippen molar-refractivity contribution in [3.63, 3.8) is 0 Å². The molecule has 0 aliphatic carbocycles. The number of aromatic nitrogens is 4. The molecule has 7 rings (SSSR count). The largest absolute Gasteiger partial charge is 0.322 e. The van der Waals surface area contributed by atoms with Gasteiger partial charge in [0, 0.05) is 22.9 Å². The number of para-hydroxylation sites is 4. The van der Waals surface area contributed by atoms with E-state index in [2.05, 4.69) is 56.6 Å². The van der Waals surface area contributed by atoms with Crippen molar-refractivity contribution in [2.24, 2.45) is 0 Å². The Labute approximate surface area is 225 Å². The topological polar surface area (TPSA) is 64.7 Å². The van der Waals surface area contributed by atoms with Gasteiger partial charge in [-0.25, -0.2) is 4.68 Å². The SMILES string of the molecule is O=C(Nc1ccccc1)C(Cc1ccccc1)(n1nnc2ccccc21)n1c2ccccc2c2ccccc21. The molecule has 1 atom stereocenters. The molecule has 2 heterocycles. The van der Waals surface area contributed by atoms with Gasteiger partial charge in [0.15, 0.2) is 0 Å². The maximum Gasteiger partial charge on any atom is 0.273 e. The van der Waals surface area contributed by atoms with Crippen LogP contribution >= 0.6 is 0 Å². The highest BCUT2D eigenvalue weighted by atomic mass is 16.2. The number of anilines is 1. The van der Waals surface area contributed by atoms with Gasteiger partial charge in [0.1, 0.15) is 5.52 Å². The second kappa shape index (κ2) is 9.26. The van der Waals surface area contributed by atoms with Crippen LogP contribution in [0.1, 0.15) is 5.56 Å². The summed E-state index contributed by atoms with van der Waals surface area (Å²) in [6.07, 6.45) is 0.350. The quantitative estimate of drug-likeness (QED) is 0.275. The summed E-state index contributed by atoms with van der Waals surface area (Å²) in [5, 5.41) is 14.6. The Morgan fingerprint density at radius 2 is 1.18 bits per heavy atom. The maximum absolute atomic E-state index is 14.9. The van der Waals surface area contributed by atoms with Crippen LogP contribution in [-0.2, 0) is 16.9 Å². The van der Waals surface area contributed by atoms with Crippen molar-refractivity contribution < 1.29 is 4.79 Å². The molecule has 39 heavy (non-hydrogen) atoms. The Morgan fingerprint density at radius 1 is 0.641 bits per heavy atom. The zero-order chi connectivity index (χ0) is 26.2. The third-order valence-electron chi connectivity index (χ3n) is 7.34. The van der Waals surface area contributed by atoms with E-state index < -0.39 is 5.66 Å². The minimum atomic E-state index is -1.34. The monoisotopic (exact) mass is 507 g/mol. The Balaban J connectivity index is 1.62. The molecule has 0 bridgehead atoms. The number of rotatable bonds is 6. The van der Waals surface area contributed by atoms with Crippen molar-refractivity contribution in [2.75, 3.05) is 5.32 Å². The zero-order valence-corrected chi connectivity index (χ0v) is 21.1. The van der Waals surface area contributed by atoms with Crippen LogP contribution in [0.4, 0.5) is 5.69 Å². The van der Waals surface area contributed by atoms with Crippen LogP contribution in [-0.4, -0.2) is 25.5 Å². The zero-order valence-electron chi connectivity index (χ0n) is 21.1. The first-order valence-electron chi connectivity index (χ1n) is 13.0. The second-order valence-electron chi connectivity index (χ2n) is 9.66. The summed E-state index contributed by atoms with van der Waals surface area (Å²) in [5.74, 6) is -0.209. The molecule has 1 N–H and O–H groups in total. The lowest BCUT2D eigenvalue weighted by atomic mass is 9.96. The normalized spacial score (nSPS) is 13.0. The molecule has 0 radical (unpaired) electrons. The van der Waals surface area contributed by atoms with E-state index in [1.165, 1.54) is 0 Å². The molecule has 7 aromatic rings. The van der Waals surface area contributed by atoms with Gasteiger partial charge in [-0.15, -0.1) is 5.10 Å². The van der Waals surface area contributed by atoms with Crippen molar-refractivity contribution in [1.29, 1.82) is 0 Å². The van der Waals surface area contributed by atoms with E-state index in [4.69, 9.17) is 0 Å². The van der Waals surface area contributed by atoms with E-state index >= 15 is 0 Å². The third kappa shape index (κ3) is 3.68. The predicted molar refractivity (Wildman–Crippen MR) is 156 cm³/mol. The number of carbonyl (C=O) groups is 1. The molecule has 0 aliphatic rings. The fourth-order valence-electron chi connectivity index (χ4n) is 5.62. The third-order valence-corrected chi connectivity index (χ3v) is 7.34. The van der Waals surface area contributed by atoms with Crippen LogP contribution in [0.2, 0.25) is 0 Å². The molecular formula is C33H25N5O. The predicted octanol–water partition coefficient (Wildman–Crippen LogP) is 6.62. The highest BCUT2D eigenvalue weighted by Crippen LogP contribution is 2.38. The lowest BCUT2D eigenvalue weighted by Gasteiger charge is -2.36. The first-order valence-corrected chi connectivity index (χ1v) is 13.0. The Kier molecular flexibility index (Phi) is 5.44. The molecule has 0 saturated carbocycles. The van der Waals surface area contributed by atoms with Gasteiger partial charge in [0.05, 0.1) is 16.6 Å². The van der Waals surface area contributed by atoms with Crippen LogP contribution in [0.5, 0.6) is 0 Å². The highest BCUT2D eigenvalue weighted by molar-refractivity contribution is 6.10. The highest BCUT2D eigenvalue weighted by Gasteiger charge is 2.46. The van der Waals surface area contributed by atoms with Crippen molar-refractivity contribution in [2.45, 2.75) is 12.1 Å². The maximum atomic E-state index is 14.9. The first kappa shape index (κ1) is 22.9. The Morgan fingerprint density at radius 3 is 1.85 bits per heavy atom. The van der Waals surface area contributed by atoms with Crippen molar-refractivity contribution in [1.82, 2.24) is 19.6 Å². The minimum absolute atomic E-state index is 0.209. The summed E-state index contributed by atoms with van der Waals surface area (Å²) < 4.78 is 3.94. The number of fused-ring (bicyclic) bond motifs is 4. The first-order chi connectivity index (χ1) is 19.3. The van der Waals surface area contributed by atoms with Gasteiger partial charge in [-0.2, -0.15) is 0 Å².